The zero-order valence-corrected chi connectivity index (χ0v) is 10.7. The lowest BCUT2D eigenvalue weighted by Crippen LogP contribution is -2.24. The highest BCUT2D eigenvalue weighted by atomic mass is 32.1. The number of hydrogen-bond donors (Lipinski definition) is 1. The number of nitrogens with one attached hydrogen (secondary N) is 1. The molecule has 2 aromatic heterocycles. The zero-order valence-electron chi connectivity index (χ0n) is 9.84. The second kappa shape index (κ2) is 6.42. The van der Waals surface area contributed by atoms with Crippen LogP contribution in [0.5, 0.6) is 0 Å². The van der Waals surface area contributed by atoms with Gasteiger partial charge in [-0.25, -0.2) is 0 Å². The summed E-state index contributed by atoms with van der Waals surface area (Å²) < 4.78 is 3.92. The van der Waals surface area contributed by atoms with Crippen LogP contribution in [0, 0.1) is 0 Å². The third-order valence-electron chi connectivity index (χ3n) is 2.51. The van der Waals surface area contributed by atoms with Crippen molar-refractivity contribution in [3.63, 3.8) is 0 Å². The molecule has 1 unspecified atom stereocenters. The van der Waals surface area contributed by atoms with Crippen LogP contribution < -0.4 is 5.32 Å². The van der Waals surface area contributed by atoms with Crippen molar-refractivity contribution in [2.45, 2.75) is 25.8 Å². The summed E-state index contributed by atoms with van der Waals surface area (Å²) >= 11 is 1.39. The molecule has 5 heteroatoms. The largest absolute Gasteiger partial charge is 0.308 e. The minimum atomic E-state index is 0.212. The molecule has 0 aromatic carbocycles. The molecule has 0 aliphatic rings. The topological polar surface area (TPSA) is 50.7 Å². The molecule has 0 spiro atoms. The van der Waals surface area contributed by atoms with E-state index in [-0.39, 0.29) is 6.04 Å². The molecule has 0 saturated carbocycles. The fourth-order valence-electron chi connectivity index (χ4n) is 1.65. The van der Waals surface area contributed by atoms with E-state index in [0.29, 0.717) is 0 Å². The van der Waals surface area contributed by atoms with Gasteiger partial charge in [-0.3, -0.25) is 4.98 Å². The van der Waals surface area contributed by atoms with Crippen LogP contribution in [0.3, 0.4) is 0 Å². The Labute approximate surface area is 105 Å². The highest BCUT2D eigenvalue weighted by molar-refractivity contribution is 7.03. The van der Waals surface area contributed by atoms with Gasteiger partial charge in [0.15, 0.2) is 0 Å². The summed E-state index contributed by atoms with van der Waals surface area (Å²) in [6.07, 6.45) is 3.79. The van der Waals surface area contributed by atoms with E-state index in [9.17, 15) is 0 Å². The summed E-state index contributed by atoms with van der Waals surface area (Å²) in [6, 6.07) is 6.20. The van der Waals surface area contributed by atoms with E-state index in [4.69, 9.17) is 0 Å². The number of pyridine rings is 1. The van der Waals surface area contributed by atoms with Gasteiger partial charge in [0.25, 0.3) is 0 Å². The molecule has 0 aliphatic carbocycles. The first kappa shape index (κ1) is 12.1. The number of aromatic nitrogens is 3. The summed E-state index contributed by atoms with van der Waals surface area (Å²) in [6.45, 7) is 3.14. The minimum Gasteiger partial charge on any atom is -0.308 e. The third kappa shape index (κ3) is 3.57. The van der Waals surface area contributed by atoms with E-state index in [0.717, 1.165) is 30.8 Å². The number of nitrogens with zero attached hydrogens (tertiary/aromatic N) is 3. The van der Waals surface area contributed by atoms with Gasteiger partial charge in [0.1, 0.15) is 0 Å². The first-order chi connectivity index (χ1) is 8.40. The van der Waals surface area contributed by atoms with Crippen molar-refractivity contribution in [3.8, 4) is 0 Å². The Morgan fingerprint density at radius 2 is 2.35 bits per heavy atom. The molecule has 2 heterocycles. The van der Waals surface area contributed by atoms with Gasteiger partial charge in [0.05, 0.1) is 11.7 Å². The monoisotopic (exact) mass is 248 g/mol. The quantitative estimate of drug-likeness (QED) is 0.851. The van der Waals surface area contributed by atoms with E-state index < -0.39 is 0 Å². The van der Waals surface area contributed by atoms with Crippen LogP contribution in [-0.4, -0.2) is 21.1 Å². The second-order valence-corrected chi connectivity index (χ2v) is 4.47. The molecule has 0 amide bonds. The van der Waals surface area contributed by atoms with Crippen molar-refractivity contribution in [1.29, 1.82) is 0 Å². The van der Waals surface area contributed by atoms with Gasteiger partial charge in [-0.15, -0.1) is 5.10 Å². The molecule has 4 nitrogen and oxygen atoms in total. The Morgan fingerprint density at radius 1 is 1.41 bits per heavy atom. The second-order valence-electron chi connectivity index (χ2n) is 3.86. The van der Waals surface area contributed by atoms with Crippen molar-refractivity contribution in [2.75, 3.05) is 6.54 Å². The van der Waals surface area contributed by atoms with Gasteiger partial charge in [0, 0.05) is 23.7 Å². The normalized spacial score (nSPS) is 12.5. The van der Waals surface area contributed by atoms with Crippen molar-refractivity contribution >= 4 is 11.5 Å². The van der Waals surface area contributed by atoms with E-state index in [1.807, 2.05) is 29.8 Å². The van der Waals surface area contributed by atoms with Crippen LogP contribution >= 0.6 is 11.5 Å². The molecular weight excluding hydrogens is 232 g/mol. The highest BCUT2D eigenvalue weighted by Gasteiger charge is 2.14. The van der Waals surface area contributed by atoms with E-state index in [1.165, 1.54) is 11.5 Å². The molecule has 2 aromatic rings. The first-order valence-corrected chi connectivity index (χ1v) is 6.64. The molecule has 0 bridgehead atoms. The maximum atomic E-state index is 4.35. The fourth-order valence-corrected chi connectivity index (χ4v) is 2.16. The average molecular weight is 248 g/mol. The smallest absolute Gasteiger partial charge is 0.0928 e. The van der Waals surface area contributed by atoms with Gasteiger partial charge in [-0.1, -0.05) is 17.5 Å². The van der Waals surface area contributed by atoms with Gasteiger partial charge < -0.3 is 5.32 Å². The lowest BCUT2D eigenvalue weighted by Gasteiger charge is -2.15. The van der Waals surface area contributed by atoms with Gasteiger partial charge in [0.2, 0.25) is 0 Å². The molecular formula is C12H16N4S. The highest BCUT2D eigenvalue weighted by Crippen LogP contribution is 2.16. The van der Waals surface area contributed by atoms with Gasteiger partial charge in [-0.2, -0.15) is 0 Å². The fraction of sp³-hybridized carbons (Fsp3) is 0.417. The summed E-state index contributed by atoms with van der Waals surface area (Å²) in [7, 11) is 0. The molecule has 1 atom stereocenters. The Balaban J connectivity index is 2.06. The summed E-state index contributed by atoms with van der Waals surface area (Å²) in [5, 5.41) is 9.62. The number of hydrogen-bond acceptors (Lipinski definition) is 5. The summed E-state index contributed by atoms with van der Waals surface area (Å²) in [4.78, 5) is 4.35. The lowest BCUT2D eigenvalue weighted by molar-refractivity contribution is 0.512. The maximum absolute atomic E-state index is 4.35. The lowest BCUT2D eigenvalue weighted by atomic mass is 10.1. The van der Waals surface area contributed by atoms with Gasteiger partial charge >= 0.3 is 0 Å². The SMILES string of the molecule is CCCNC(Cc1ccccn1)c1csnn1. The van der Waals surface area contributed by atoms with Crippen LogP contribution in [0.2, 0.25) is 0 Å². The van der Waals surface area contributed by atoms with Crippen molar-refractivity contribution in [3.05, 3.63) is 41.2 Å². The summed E-state index contributed by atoms with van der Waals surface area (Å²) in [5.74, 6) is 0. The molecule has 17 heavy (non-hydrogen) atoms. The molecule has 0 aliphatic heterocycles. The van der Waals surface area contributed by atoms with Crippen LogP contribution in [0.15, 0.2) is 29.8 Å². The van der Waals surface area contributed by atoms with E-state index >= 15 is 0 Å². The van der Waals surface area contributed by atoms with Crippen molar-refractivity contribution in [1.82, 2.24) is 19.9 Å². The molecule has 2 rings (SSSR count). The van der Waals surface area contributed by atoms with Crippen molar-refractivity contribution in [2.24, 2.45) is 0 Å². The van der Waals surface area contributed by atoms with E-state index in [2.05, 4.69) is 26.8 Å². The molecule has 90 valence electrons. The minimum absolute atomic E-state index is 0.212. The van der Waals surface area contributed by atoms with Crippen LogP contribution in [0.1, 0.15) is 30.8 Å². The maximum Gasteiger partial charge on any atom is 0.0928 e. The Hall–Kier alpha value is -1.33. The van der Waals surface area contributed by atoms with Crippen LogP contribution in [0.25, 0.3) is 0 Å². The average Bonchev–Trinajstić information content (AvgIpc) is 2.89. The van der Waals surface area contributed by atoms with Crippen molar-refractivity contribution < 1.29 is 0 Å². The number of rotatable bonds is 6. The van der Waals surface area contributed by atoms with E-state index in [1.54, 1.807) is 0 Å². The van der Waals surface area contributed by atoms with Crippen LogP contribution in [-0.2, 0) is 6.42 Å². The Kier molecular flexibility index (Phi) is 4.58. The molecule has 0 radical (unpaired) electrons. The van der Waals surface area contributed by atoms with Crippen LogP contribution in [0.4, 0.5) is 0 Å². The Morgan fingerprint density at radius 3 is 3.00 bits per heavy atom. The van der Waals surface area contributed by atoms with Gasteiger partial charge in [-0.05, 0) is 36.6 Å². The third-order valence-corrected chi connectivity index (χ3v) is 3.04. The summed E-state index contributed by atoms with van der Waals surface area (Å²) in [5.41, 5.74) is 2.09. The first-order valence-electron chi connectivity index (χ1n) is 5.80. The Bertz CT molecular complexity index is 415. The molecule has 0 saturated heterocycles. The standard InChI is InChI=1S/C12H16N4S/c1-2-6-14-11(12-9-17-16-15-12)8-10-5-3-4-7-13-10/h3-5,7,9,11,14H,2,6,8H2,1H3. The molecule has 0 fully saturated rings. The predicted octanol–water partition coefficient (Wildman–Crippen LogP) is 2.22. The zero-order chi connectivity index (χ0) is 11.9. The predicted molar refractivity (Wildman–Crippen MR) is 68.9 cm³/mol. The molecule has 1 N–H and O–H groups in total.